The van der Waals surface area contributed by atoms with Crippen LogP contribution in [0.1, 0.15) is 69.2 Å². The molecule has 0 nitrogen and oxygen atoms in total. The fraction of sp³-hybridized carbons (Fsp3) is 0.636. The molecule has 0 spiro atoms. The Hall–Kier alpha value is 0.0600. The van der Waals surface area contributed by atoms with Crippen molar-refractivity contribution in [1.29, 1.82) is 0 Å². The molecule has 0 aliphatic heterocycles. The van der Waals surface area contributed by atoms with Crippen molar-refractivity contribution in [2.45, 2.75) is 82.3 Å². The van der Waals surface area contributed by atoms with Gasteiger partial charge in [-0.3, -0.25) is 12.2 Å². The second-order valence-corrected chi connectivity index (χ2v) is 8.98. The van der Waals surface area contributed by atoms with Gasteiger partial charge in [0.05, 0.1) is 0 Å². The summed E-state index contributed by atoms with van der Waals surface area (Å²) in [5, 5.41) is 0. The van der Waals surface area contributed by atoms with E-state index >= 15 is 0 Å². The quantitative estimate of drug-likeness (QED) is 0.300. The molecule has 0 fully saturated rings. The van der Waals surface area contributed by atoms with Gasteiger partial charge in [0.25, 0.3) is 0 Å². The van der Waals surface area contributed by atoms with Gasteiger partial charge in [-0.25, -0.2) is 11.1 Å². The van der Waals surface area contributed by atoms with Crippen molar-refractivity contribution in [3.63, 3.8) is 0 Å². The Balaban J connectivity index is 0. The number of hydrogen-bond donors (Lipinski definition) is 0. The van der Waals surface area contributed by atoms with E-state index in [9.17, 15) is 0 Å². The molecule has 2 aliphatic carbocycles. The van der Waals surface area contributed by atoms with E-state index < -0.39 is 0 Å². The van der Waals surface area contributed by atoms with E-state index in [0.29, 0.717) is 0 Å². The van der Waals surface area contributed by atoms with Crippen LogP contribution in [0.2, 0.25) is 13.1 Å². The predicted octanol–water partition coefficient (Wildman–Crippen LogP) is 6.74. The van der Waals surface area contributed by atoms with Crippen molar-refractivity contribution in [3.8, 4) is 0 Å². The molecular formula is C22H37SiZr. The van der Waals surface area contributed by atoms with E-state index in [1.165, 1.54) is 33.4 Å². The molecule has 0 unspecified atom stereocenters. The van der Waals surface area contributed by atoms with Crippen molar-refractivity contribution in [2.75, 3.05) is 0 Å². The predicted molar refractivity (Wildman–Crippen MR) is 108 cm³/mol. The third kappa shape index (κ3) is 6.75. The Morgan fingerprint density at radius 1 is 0.625 bits per heavy atom. The number of allylic oxidation sites excluding steroid dienone is 8. The minimum Gasteiger partial charge on any atom is -0.263 e. The molecule has 1 radical (unpaired) electrons. The van der Waals surface area contributed by atoms with E-state index in [-0.39, 0.29) is 37.0 Å². The van der Waals surface area contributed by atoms with Crippen LogP contribution in [0.3, 0.4) is 0 Å². The summed E-state index contributed by atoms with van der Waals surface area (Å²) in [6.07, 6.45) is 6.87. The van der Waals surface area contributed by atoms with Gasteiger partial charge in [0.15, 0.2) is 0 Å². The smallest absolute Gasteiger partial charge is 0.263 e. The van der Waals surface area contributed by atoms with Crippen molar-refractivity contribution >= 4 is 9.52 Å². The molecule has 2 aliphatic rings. The SMILES string of the molecule is CC1=[C-]C(C)(C)C(C)=C1C.CC1=[C-]C(C)(C)C(C)=C1C.C[SiH]C.[Zr+2]. The molecule has 0 amide bonds. The monoisotopic (exact) mass is 419 g/mol. The van der Waals surface area contributed by atoms with E-state index in [4.69, 9.17) is 0 Å². The van der Waals surface area contributed by atoms with Gasteiger partial charge in [0, 0.05) is 9.52 Å². The average Bonchev–Trinajstić information content (AvgIpc) is 2.71. The first-order chi connectivity index (χ1) is 10.3. The first kappa shape index (κ1) is 26.3. The molecular weight excluding hydrogens is 384 g/mol. The fourth-order valence-corrected chi connectivity index (χ4v) is 2.81. The van der Waals surface area contributed by atoms with E-state index in [2.05, 4.69) is 94.5 Å². The number of rotatable bonds is 0. The first-order valence-corrected chi connectivity index (χ1v) is 11.0. The Kier molecular flexibility index (Phi) is 11.2. The van der Waals surface area contributed by atoms with Crippen LogP contribution in [0, 0.1) is 23.0 Å². The maximum absolute atomic E-state index is 3.44. The van der Waals surface area contributed by atoms with Crippen molar-refractivity contribution < 1.29 is 26.2 Å². The van der Waals surface area contributed by atoms with E-state index in [1.807, 2.05) is 0 Å². The third-order valence-corrected chi connectivity index (χ3v) is 5.12. The molecule has 0 aromatic carbocycles. The second kappa shape index (κ2) is 10.3. The largest absolute Gasteiger partial charge is 2.00 e. The molecule has 0 N–H and O–H groups in total. The number of hydrogen-bond acceptors (Lipinski definition) is 0. The Labute approximate surface area is 173 Å². The minimum atomic E-state index is 0. The minimum absolute atomic E-state index is 0. The van der Waals surface area contributed by atoms with Crippen LogP contribution < -0.4 is 0 Å². The standard InChI is InChI=1S/2C10H15.C2H7Si.Zr/c2*1-7-6-10(4,5)9(3)8(7)2;1-3-2;/h2*1-5H3;3H,1-2H3;/q2*-1;;+2. The van der Waals surface area contributed by atoms with Gasteiger partial charge in [0.2, 0.25) is 0 Å². The molecule has 0 aromatic heterocycles. The molecule has 2 heteroatoms. The van der Waals surface area contributed by atoms with E-state index in [1.54, 1.807) is 0 Å². The molecule has 0 bridgehead atoms. The molecule has 0 saturated heterocycles. The molecule has 0 saturated carbocycles. The van der Waals surface area contributed by atoms with E-state index in [0.717, 1.165) is 9.52 Å². The zero-order valence-corrected chi connectivity index (χ0v) is 21.7. The topological polar surface area (TPSA) is 0 Å². The Morgan fingerprint density at radius 2 is 0.833 bits per heavy atom. The third-order valence-electron chi connectivity index (χ3n) is 5.12. The van der Waals surface area contributed by atoms with Gasteiger partial charge < -0.3 is 0 Å². The summed E-state index contributed by atoms with van der Waals surface area (Å²) in [7, 11) is 0.750. The van der Waals surface area contributed by atoms with Crippen LogP contribution in [0.4, 0.5) is 0 Å². The normalized spacial score (nSPS) is 20.3. The summed E-state index contributed by atoms with van der Waals surface area (Å²) >= 11 is 0. The summed E-state index contributed by atoms with van der Waals surface area (Å²) in [6, 6.07) is 0. The summed E-state index contributed by atoms with van der Waals surface area (Å²) in [5.41, 5.74) is 8.79. The zero-order chi connectivity index (χ0) is 18.6. The Morgan fingerprint density at radius 3 is 0.875 bits per heavy atom. The summed E-state index contributed by atoms with van der Waals surface area (Å²) < 4.78 is 0. The molecule has 133 valence electrons. The van der Waals surface area contributed by atoms with Gasteiger partial charge in [-0.15, -0.1) is 13.8 Å². The van der Waals surface area contributed by atoms with Crippen molar-refractivity contribution in [1.82, 2.24) is 0 Å². The average molecular weight is 421 g/mol. The van der Waals surface area contributed by atoms with Gasteiger partial charge in [-0.05, 0) is 0 Å². The summed E-state index contributed by atoms with van der Waals surface area (Å²) in [6.45, 7) is 26.3. The van der Waals surface area contributed by atoms with Crippen LogP contribution >= 0.6 is 0 Å². The Bertz CT molecular complexity index is 505. The second-order valence-electron chi connectivity index (χ2n) is 7.83. The van der Waals surface area contributed by atoms with Crippen LogP contribution in [-0.2, 0) is 26.2 Å². The van der Waals surface area contributed by atoms with Crippen molar-refractivity contribution in [3.05, 3.63) is 45.6 Å². The molecule has 2 rings (SSSR count). The van der Waals surface area contributed by atoms with Crippen LogP contribution in [0.25, 0.3) is 0 Å². The molecule has 0 atom stereocenters. The summed E-state index contributed by atoms with van der Waals surface area (Å²) in [4.78, 5) is 0. The van der Waals surface area contributed by atoms with Crippen molar-refractivity contribution in [2.24, 2.45) is 10.8 Å². The summed E-state index contributed by atoms with van der Waals surface area (Å²) in [5.74, 6) is 0. The van der Waals surface area contributed by atoms with Gasteiger partial charge in [-0.1, -0.05) is 79.3 Å². The fourth-order valence-electron chi connectivity index (χ4n) is 2.81. The van der Waals surface area contributed by atoms with Crippen LogP contribution in [0.5, 0.6) is 0 Å². The molecule has 0 aromatic rings. The maximum atomic E-state index is 3.44. The van der Waals surface area contributed by atoms with Crippen LogP contribution in [0.15, 0.2) is 33.4 Å². The van der Waals surface area contributed by atoms with Gasteiger partial charge in [0.1, 0.15) is 0 Å². The molecule has 0 heterocycles. The molecule has 24 heavy (non-hydrogen) atoms. The van der Waals surface area contributed by atoms with Gasteiger partial charge >= 0.3 is 26.2 Å². The zero-order valence-electron chi connectivity index (χ0n) is 18.1. The first-order valence-electron chi connectivity index (χ1n) is 8.65. The van der Waals surface area contributed by atoms with Gasteiger partial charge in [-0.2, -0.15) is 22.3 Å². The van der Waals surface area contributed by atoms with Crippen LogP contribution in [-0.4, -0.2) is 9.52 Å². The maximum Gasteiger partial charge on any atom is 2.00 e.